The van der Waals surface area contributed by atoms with Gasteiger partial charge in [-0.05, 0) is 42.4 Å². The summed E-state index contributed by atoms with van der Waals surface area (Å²) in [5, 5.41) is 15.6. The highest BCUT2D eigenvalue weighted by Crippen LogP contribution is 2.17. The van der Waals surface area contributed by atoms with Gasteiger partial charge in [0.25, 0.3) is 0 Å². The van der Waals surface area contributed by atoms with Crippen molar-refractivity contribution in [3.8, 4) is 0 Å². The monoisotopic (exact) mass is 314 g/mol. The number of thiocarbonyl (C=S) groups is 1. The summed E-state index contributed by atoms with van der Waals surface area (Å²) in [4.78, 5) is 11.1. The second kappa shape index (κ2) is 7.56. The molecule has 2 rings (SSSR count). The zero-order valence-corrected chi connectivity index (χ0v) is 13.1. The van der Waals surface area contributed by atoms with Gasteiger partial charge >= 0.3 is 5.97 Å². The molecule has 2 aromatic rings. The summed E-state index contributed by atoms with van der Waals surface area (Å²) in [6.07, 6.45) is -0.0420. The smallest absolute Gasteiger partial charge is 0.305 e. The molecule has 0 amide bonds. The average Bonchev–Trinajstić information content (AvgIpc) is 2.47. The van der Waals surface area contributed by atoms with Crippen molar-refractivity contribution in [3.63, 3.8) is 0 Å². The fourth-order valence-corrected chi connectivity index (χ4v) is 2.42. The summed E-state index contributed by atoms with van der Waals surface area (Å²) in [7, 11) is 0. The molecule has 5 heteroatoms. The van der Waals surface area contributed by atoms with Gasteiger partial charge in [-0.1, -0.05) is 42.5 Å². The van der Waals surface area contributed by atoms with Crippen molar-refractivity contribution < 1.29 is 9.90 Å². The fourth-order valence-electron chi connectivity index (χ4n) is 2.16. The van der Waals surface area contributed by atoms with E-state index in [4.69, 9.17) is 17.3 Å². The number of carbonyl (C=O) groups is 1. The van der Waals surface area contributed by atoms with E-state index >= 15 is 0 Å². The van der Waals surface area contributed by atoms with E-state index in [0.717, 1.165) is 16.8 Å². The molecule has 0 aliphatic carbocycles. The number of benzene rings is 2. The van der Waals surface area contributed by atoms with Crippen LogP contribution in [-0.2, 0) is 4.79 Å². The maximum absolute atomic E-state index is 11.1. The molecule has 22 heavy (non-hydrogen) atoms. The molecule has 0 radical (unpaired) electrons. The standard InChI is InChI=1S/C17H18N2O2S/c1-12-6-5-9-14(10-12)18-17(22)19-15(11-16(20)21)13-7-3-2-4-8-13/h2-10,15H,11H2,1H3,(H,20,21)(H2,18,19,22). The molecule has 1 unspecified atom stereocenters. The number of aryl methyl sites for hydroxylation is 1. The first-order valence-electron chi connectivity index (χ1n) is 6.95. The van der Waals surface area contributed by atoms with E-state index < -0.39 is 5.97 Å². The predicted octanol–water partition coefficient (Wildman–Crippen LogP) is 3.50. The molecule has 114 valence electrons. The largest absolute Gasteiger partial charge is 0.481 e. The summed E-state index contributed by atoms with van der Waals surface area (Å²) in [5.41, 5.74) is 2.89. The Labute approximate surface area is 135 Å². The zero-order valence-electron chi connectivity index (χ0n) is 12.2. The highest BCUT2D eigenvalue weighted by atomic mass is 32.1. The second-order valence-electron chi connectivity index (χ2n) is 5.03. The van der Waals surface area contributed by atoms with E-state index in [1.807, 2.05) is 61.5 Å². The summed E-state index contributed by atoms with van der Waals surface area (Å²) < 4.78 is 0. The van der Waals surface area contributed by atoms with Crippen LogP contribution in [0.5, 0.6) is 0 Å². The van der Waals surface area contributed by atoms with Crippen molar-refractivity contribution >= 4 is 29.0 Å². The molecule has 0 heterocycles. The SMILES string of the molecule is Cc1cccc(NC(=S)NC(CC(=O)O)c2ccccc2)c1. The molecular formula is C17H18N2O2S. The van der Waals surface area contributed by atoms with Gasteiger partial charge in [0.1, 0.15) is 0 Å². The van der Waals surface area contributed by atoms with Crippen molar-refractivity contribution in [1.29, 1.82) is 0 Å². The number of rotatable bonds is 5. The number of anilines is 1. The van der Waals surface area contributed by atoms with Crippen LogP contribution in [0, 0.1) is 6.92 Å². The molecule has 0 fully saturated rings. The first kappa shape index (κ1) is 16.0. The van der Waals surface area contributed by atoms with Crippen LogP contribution in [0.1, 0.15) is 23.6 Å². The molecule has 0 saturated heterocycles. The van der Waals surface area contributed by atoms with Crippen molar-refractivity contribution in [2.45, 2.75) is 19.4 Å². The highest BCUT2D eigenvalue weighted by molar-refractivity contribution is 7.80. The fraction of sp³-hybridized carbons (Fsp3) is 0.176. The lowest BCUT2D eigenvalue weighted by Crippen LogP contribution is -2.33. The molecule has 3 N–H and O–H groups in total. The Kier molecular flexibility index (Phi) is 5.49. The third kappa shape index (κ3) is 4.86. The van der Waals surface area contributed by atoms with Crippen molar-refractivity contribution in [2.75, 3.05) is 5.32 Å². The number of nitrogens with one attached hydrogen (secondary N) is 2. The molecule has 0 aromatic heterocycles. The molecule has 2 aromatic carbocycles. The van der Waals surface area contributed by atoms with E-state index in [2.05, 4.69) is 10.6 Å². The van der Waals surface area contributed by atoms with Gasteiger partial charge in [-0.15, -0.1) is 0 Å². The Hall–Kier alpha value is -2.40. The van der Waals surface area contributed by atoms with E-state index in [-0.39, 0.29) is 12.5 Å². The number of hydrogen-bond acceptors (Lipinski definition) is 2. The summed E-state index contributed by atoms with van der Waals surface area (Å²) in [5.74, 6) is -0.875. The van der Waals surface area contributed by atoms with Crippen molar-refractivity contribution in [3.05, 3.63) is 65.7 Å². The minimum Gasteiger partial charge on any atom is -0.481 e. The normalized spacial score (nSPS) is 11.5. The van der Waals surface area contributed by atoms with Crippen LogP contribution >= 0.6 is 12.2 Å². The van der Waals surface area contributed by atoms with Crippen LogP contribution in [-0.4, -0.2) is 16.2 Å². The average molecular weight is 314 g/mol. The maximum Gasteiger partial charge on any atom is 0.305 e. The van der Waals surface area contributed by atoms with Crippen molar-refractivity contribution in [2.24, 2.45) is 0 Å². The quantitative estimate of drug-likeness (QED) is 0.737. The number of hydrogen-bond donors (Lipinski definition) is 3. The molecule has 0 spiro atoms. The van der Waals surface area contributed by atoms with E-state index in [1.165, 1.54) is 0 Å². The van der Waals surface area contributed by atoms with Gasteiger partial charge in [0, 0.05) is 5.69 Å². The van der Waals surface area contributed by atoms with Crippen LogP contribution in [0.25, 0.3) is 0 Å². The van der Waals surface area contributed by atoms with Gasteiger partial charge in [-0.25, -0.2) is 0 Å². The maximum atomic E-state index is 11.1. The summed E-state index contributed by atoms with van der Waals surface area (Å²) in [6.45, 7) is 2.00. The van der Waals surface area contributed by atoms with Gasteiger partial charge in [0.05, 0.1) is 12.5 Å². The Balaban J connectivity index is 2.06. The van der Waals surface area contributed by atoms with Gasteiger partial charge < -0.3 is 15.7 Å². The van der Waals surface area contributed by atoms with Crippen LogP contribution in [0.2, 0.25) is 0 Å². The molecule has 0 aliphatic heterocycles. The number of aliphatic carboxylic acids is 1. The van der Waals surface area contributed by atoms with Crippen LogP contribution in [0.3, 0.4) is 0 Å². The van der Waals surface area contributed by atoms with Gasteiger partial charge in [-0.3, -0.25) is 4.79 Å². The molecule has 0 bridgehead atoms. The van der Waals surface area contributed by atoms with Crippen LogP contribution in [0.4, 0.5) is 5.69 Å². The molecule has 0 saturated carbocycles. The number of carboxylic acid groups (broad SMARTS) is 1. The van der Waals surface area contributed by atoms with Gasteiger partial charge in [-0.2, -0.15) is 0 Å². The minimum atomic E-state index is -0.875. The lowest BCUT2D eigenvalue weighted by atomic mass is 10.0. The summed E-state index contributed by atoms with van der Waals surface area (Å²) in [6, 6.07) is 16.9. The molecule has 0 aliphatic rings. The third-order valence-electron chi connectivity index (χ3n) is 3.16. The Morgan fingerprint density at radius 3 is 2.55 bits per heavy atom. The van der Waals surface area contributed by atoms with Crippen LogP contribution < -0.4 is 10.6 Å². The van der Waals surface area contributed by atoms with Gasteiger partial charge in [0.2, 0.25) is 0 Å². The Bertz CT molecular complexity index is 659. The van der Waals surface area contributed by atoms with Gasteiger partial charge in [0.15, 0.2) is 5.11 Å². The first-order chi connectivity index (χ1) is 10.5. The Morgan fingerprint density at radius 1 is 1.18 bits per heavy atom. The topological polar surface area (TPSA) is 61.4 Å². The zero-order chi connectivity index (χ0) is 15.9. The minimum absolute atomic E-state index is 0.0420. The molecule has 4 nitrogen and oxygen atoms in total. The lowest BCUT2D eigenvalue weighted by molar-refractivity contribution is -0.137. The van der Waals surface area contributed by atoms with Crippen LogP contribution in [0.15, 0.2) is 54.6 Å². The molecular weight excluding hydrogens is 296 g/mol. The highest BCUT2D eigenvalue weighted by Gasteiger charge is 2.16. The third-order valence-corrected chi connectivity index (χ3v) is 3.38. The first-order valence-corrected chi connectivity index (χ1v) is 7.36. The second-order valence-corrected chi connectivity index (χ2v) is 5.44. The molecule has 1 atom stereocenters. The lowest BCUT2D eigenvalue weighted by Gasteiger charge is -2.20. The Morgan fingerprint density at radius 2 is 1.91 bits per heavy atom. The summed E-state index contributed by atoms with van der Waals surface area (Å²) >= 11 is 5.29. The van der Waals surface area contributed by atoms with E-state index in [9.17, 15) is 4.79 Å². The number of carboxylic acids is 1. The van der Waals surface area contributed by atoms with E-state index in [1.54, 1.807) is 0 Å². The van der Waals surface area contributed by atoms with E-state index in [0.29, 0.717) is 5.11 Å². The van der Waals surface area contributed by atoms with Crippen molar-refractivity contribution in [1.82, 2.24) is 5.32 Å². The predicted molar refractivity (Wildman–Crippen MR) is 92.0 cm³/mol.